The van der Waals surface area contributed by atoms with Gasteiger partial charge in [-0.05, 0) is 113 Å². The number of piperidine rings is 1. The van der Waals surface area contributed by atoms with Crippen molar-refractivity contribution in [2.75, 3.05) is 50.6 Å². The fraction of sp³-hybridized carbons (Fsp3) is 0.545. The van der Waals surface area contributed by atoms with Gasteiger partial charge in [0, 0.05) is 41.6 Å². The highest BCUT2D eigenvalue weighted by Gasteiger charge is 2.31. The number of hydrogen-bond acceptors (Lipinski definition) is 9. The second-order valence-corrected chi connectivity index (χ2v) is 14.2. The third-order valence-electron chi connectivity index (χ3n) is 8.04. The standard InChI is InChI=1S/C33H45FN4O4S2/c1-21(2)42-32(40)30(13-16-43-4)37-31(39)28-10-9-25(18-29(28)22-5-7-24(34)8-6-22)35-19-26-17-27(20-36-26)44-33(41)23-11-14-38(3)15-12-23/h5-10,18,21,23,26-27,30,35-36H,11-17,19-20H2,1-4H3,(H,37,39)/t26-,27-,30-/m0/s1. The Labute approximate surface area is 269 Å². The molecule has 2 aromatic carbocycles. The highest BCUT2D eigenvalue weighted by Crippen LogP contribution is 2.30. The lowest BCUT2D eigenvalue weighted by molar-refractivity contribution is -0.149. The van der Waals surface area contributed by atoms with Crippen LogP contribution in [0.3, 0.4) is 0 Å². The van der Waals surface area contributed by atoms with E-state index in [4.69, 9.17) is 4.74 Å². The minimum absolute atomic E-state index is 0.163. The van der Waals surface area contributed by atoms with E-state index in [0.29, 0.717) is 40.5 Å². The van der Waals surface area contributed by atoms with Crippen molar-refractivity contribution in [2.45, 2.75) is 63.0 Å². The van der Waals surface area contributed by atoms with Gasteiger partial charge >= 0.3 is 5.97 Å². The van der Waals surface area contributed by atoms with Gasteiger partial charge in [0.15, 0.2) is 5.12 Å². The van der Waals surface area contributed by atoms with Crippen LogP contribution in [0.4, 0.5) is 10.1 Å². The summed E-state index contributed by atoms with van der Waals surface area (Å²) in [7, 11) is 2.10. The summed E-state index contributed by atoms with van der Waals surface area (Å²) in [5, 5.41) is 10.5. The SMILES string of the molecule is CSCC[C@H](NC(=O)c1ccc(NC[C@@H]2C[C@H](SC(=O)C3CCN(C)CC3)CN2)cc1-c1ccc(F)cc1)C(=O)OC(C)C. The van der Waals surface area contributed by atoms with Crippen LogP contribution in [0.5, 0.6) is 0 Å². The number of halogens is 1. The number of ether oxygens (including phenoxy) is 1. The summed E-state index contributed by atoms with van der Waals surface area (Å²) in [5.41, 5.74) is 2.52. The molecule has 3 N–H and O–H groups in total. The number of anilines is 1. The largest absolute Gasteiger partial charge is 0.461 e. The zero-order valence-corrected chi connectivity index (χ0v) is 27.7. The number of benzene rings is 2. The van der Waals surface area contributed by atoms with Crippen LogP contribution in [0, 0.1) is 11.7 Å². The molecule has 0 saturated carbocycles. The molecule has 2 fully saturated rings. The molecule has 2 heterocycles. The molecule has 0 unspecified atom stereocenters. The van der Waals surface area contributed by atoms with Crippen molar-refractivity contribution in [2.24, 2.45) is 5.92 Å². The highest BCUT2D eigenvalue weighted by atomic mass is 32.2. The summed E-state index contributed by atoms with van der Waals surface area (Å²) < 4.78 is 19.2. The monoisotopic (exact) mass is 644 g/mol. The average molecular weight is 645 g/mol. The number of amides is 1. The molecule has 240 valence electrons. The van der Waals surface area contributed by atoms with Crippen molar-refractivity contribution in [3.63, 3.8) is 0 Å². The van der Waals surface area contributed by atoms with Gasteiger partial charge in [-0.25, -0.2) is 9.18 Å². The second-order valence-electron chi connectivity index (χ2n) is 11.9. The van der Waals surface area contributed by atoms with Gasteiger partial charge in [0.1, 0.15) is 11.9 Å². The van der Waals surface area contributed by atoms with Gasteiger partial charge in [-0.3, -0.25) is 9.59 Å². The number of esters is 1. The minimum Gasteiger partial charge on any atom is -0.461 e. The molecule has 11 heteroatoms. The number of carbonyl (C=O) groups is 3. The van der Waals surface area contributed by atoms with Gasteiger partial charge in [0.2, 0.25) is 0 Å². The first-order valence-corrected chi connectivity index (χ1v) is 17.7. The molecule has 8 nitrogen and oxygen atoms in total. The fourth-order valence-electron chi connectivity index (χ4n) is 5.53. The van der Waals surface area contributed by atoms with Crippen LogP contribution in [0.25, 0.3) is 11.1 Å². The van der Waals surface area contributed by atoms with Crippen molar-refractivity contribution >= 4 is 46.2 Å². The Morgan fingerprint density at radius 1 is 1.11 bits per heavy atom. The van der Waals surface area contributed by atoms with Gasteiger partial charge < -0.3 is 25.6 Å². The Balaban J connectivity index is 1.42. The minimum atomic E-state index is -0.776. The number of carbonyl (C=O) groups excluding carboxylic acids is 3. The lowest BCUT2D eigenvalue weighted by Gasteiger charge is -2.28. The van der Waals surface area contributed by atoms with Crippen LogP contribution in [-0.4, -0.2) is 90.6 Å². The molecule has 0 aromatic heterocycles. The molecule has 2 aliphatic heterocycles. The van der Waals surface area contributed by atoms with E-state index >= 15 is 0 Å². The number of nitrogens with zero attached hydrogens (tertiary/aromatic N) is 1. The van der Waals surface area contributed by atoms with Gasteiger partial charge in [-0.1, -0.05) is 23.9 Å². The summed E-state index contributed by atoms with van der Waals surface area (Å²) in [4.78, 5) is 41.4. The Morgan fingerprint density at radius 3 is 2.52 bits per heavy atom. The van der Waals surface area contributed by atoms with Crippen molar-refractivity contribution in [1.82, 2.24) is 15.5 Å². The van der Waals surface area contributed by atoms with E-state index < -0.39 is 17.9 Å². The highest BCUT2D eigenvalue weighted by molar-refractivity contribution is 8.14. The molecule has 2 saturated heterocycles. The predicted molar refractivity (Wildman–Crippen MR) is 179 cm³/mol. The summed E-state index contributed by atoms with van der Waals surface area (Å²) in [5.74, 6) is -0.369. The maximum Gasteiger partial charge on any atom is 0.328 e. The summed E-state index contributed by atoms with van der Waals surface area (Å²) in [6, 6.07) is 10.9. The van der Waals surface area contributed by atoms with Gasteiger partial charge in [-0.15, -0.1) is 0 Å². The van der Waals surface area contributed by atoms with E-state index in [-0.39, 0.29) is 29.1 Å². The Bertz CT molecular complexity index is 1270. The van der Waals surface area contributed by atoms with E-state index in [1.165, 1.54) is 23.9 Å². The number of thioether (sulfide) groups is 2. The topological polar surface area (TPSA) is 99.8 Å². The molecule has 0 spiro atoms. The van der Waals surface area contributed by atoms with E-state index in [1.54, 1.807) is 43.8 Å². The van der Waals surface area contributed by atoms with Crippen LogP contribution in [0.2, 0.25) is 0 Å². The van der Waals surface area contributed by atoms with E-state index in [1.807, 2.05) is 18.4 Å². The molecule has 2 aliphatic rings. The molecule has 3 atom stereocenters. The normalized spacial score (nSPS) is 20.0. The lowest BCUT2D eigenvalue weighted by Crippen LogP contribution is -2.43. The summed E-state index contributed by atoms with van der Waals surface area (Å²) >= 11 is 3.09. The predicted octanol–water partition coefficient (Wildman–Crippen LogP) is 5.04. The first-order valence-electron chi connectivity index (χ1n) is 15.4. The van der Waals surface area contributed by atoms with Crippen molar-refractivity contribution in [3.05, 3.63) is 53.8 Å². The van der Waals surface area contributed by atoms with E-state index in [9.17, 15) is 18.8 Å². The third-order valence-corrected chi connectivity index (χ3v) is 9.94. The maximum absolute atomic E-state index is 13.8. The molecule has 0 radical (unpaired) electrons. The van der Waals surface area contributed by atoms with Crippen LogP contribution in [0.15, 0.2) is 42.5 Å². The van der Waals surface area contributed by atoms with Gasteiger partial charge in [0.05, 0.1) is 6.10 Å². The zero-order valence-electron chi connectivity index (χ0n) is 26.1. The Hall–Kier alpha value is -2.60. The van der Waals surface area contributed by atoms with Gasteiger partial charge in [0.25, 0.3) is 5.91 Å². The number of hydrogen-bond donors (Lipinski definition) is 3. The molecular formula is C33H45FN4O4S2. The zero-order chi connectivity index (χ0) is 31.6. The van der Waals surface area contributed by atoms with Crippen molar-refractivity contribution in [3.8, 4) is 11.1 Å². The van der Waals surface area contributed by atoms with Crippen LogP contribution >= 0.6 is 23.5 Å². The molecule has 2 aromatic rings. The second kappa shape index (κ2) is 16.6. The number of rotatable bonds is 13. The Morgan fingerprint density at radius 2 is 1.84 bits per heavy atom. The number of likely N-dealkylation sites (tertiary alicyclic amines) is 1. The Kier molecular flexibility index (Phi) is 13.0. The molecule has 0 bridgehead atoms. The van der Waals surface area contributed by atoms with Crippen LogP contribution < -0.4 is 16.0 Å². The first-order chi connectivity index (χ1) is 21.1. The molecular weight excluding hydrogens is 600 g/mol. The molecule has 4 rings (SSSR count). The summed E-state index contributed by atoms with van der Waals surface area (Å²) in [6.45, 7) is 6.98. The van der Waals surface area contributed by atoms with E-state index in [0.717, 1.165) is 44.6 Å². The fourth-order valence-corrected chi connectivity index (χ4v) is 7.26. The third kappa shape index (κ3) is 9.95. The lowest BCUT2D eigenvalue weighted by atomic mass is 9.97. The van der Waals surface area contributed by atoms with Crippen molar-refractivity contribution in [1.29, 1.82) is 0 Å². The smallest absolute Gasteiger partial charge is 0.328 e. The van der Waals surface area contributed by atoms with Crippen molar-refractivity contribution < 1.29 is 23.5 Å². The summed E-state index contributed by atoms with van der Waals surface area (Å²) in [6.07, 6.45) is 4.88. The van der Waals surface area contributed by atoms with Crippen LogP contribution in [0.1, 0.15) is 49.9 Å². The molecule has 44 heavy (non-hydrogen) atoms. The first kappa shape index (κ1) is 34.3. The molecule has 0 aliphatic carbocycles. The van der Waals surface area contributed by atoms with Gasteiger partial charge in [-0.2, -0.15) is 11.8 Å². The maximum atomic E-state index is 13.8. The average Bonchev–Trinajstić information content (AvgIpc) is 3.45. The van der Waals surface area contributed by atoms with Crippen LogP contribution in [-0.2, 0) is 14.3 Å². The van der Waals surface area contributed by atoms with E-state index in [2.05, 4.69) is 27.9 Å². The molecule has 1 amide bonds. The quantitative estimate of drug-likeness (QED) is 0.259. The number of nitrogens with one attached hydrogen (secondary N) is 3.